The van der Waals surface area contributed by atoms with Crippen LogP contribution in [0.15, 0.2) is 64.0 Å². The van der Waals surface area contributed by atoms with Crippen LogP contribution in [0.25, 0.3) is 0 Å². The standard InChI is InChI=1S/C24H32BrN3O3S/c1-3-20(2)28(32(30,31)23-11-9-22(25)10-12-23)14-13-24(29)27-17-15-26(16-18-27)19-21-7-5-4-6-8-21/h4-12,20H,3,13-19H2,1-2H3. The van der Waals surface area contributed by atoms with E-state index in [4.69, 9.17) is 0 Å². The highest BCUT2D eigenvalue weighted by atomic mass is 79.9. The molecule has 1 atom stereocenters. The average Bonchev–Trinajstić information content (AvgIpc) is 2.80. The molecule has 0 bridgehead atoms. The lowest BCUT2D eigenvalue weighted by Crippen LogP contribution is -2.49. The van der Waals surface area contributed by atoms with Gasteiger partial charge >= 0.3 is 0 Å². The Morgan fingerprint density at radius 3 is 2.25 bits per heavy atom. The Labute approximate surface area is 200 Å². The molecular weight excluding hydrogens is 490 g/mol. The van der Waals surface area contributed by atoms with Crippen LogP contribution in [0.5, 0.6) is 0 Å². The molecular formula is C24H32BrN3O3S. The lowest BCUT2D eigenvalue weighted by Gasteiger charge is -2.35. The maximum absolute atomic E-state index is 13.2. The summed E-state index contributed by atoms with van der Waals surface area (Å²) in [6.07, 6.45) is 0.876. The van der Waals surface area contributed by atoms with Crippen molar-refractivity contribution in [2.75, 3.05) is 32.7 Å². The molecule has 3 rings (SSSR count). The third-order valence-electron chi connectivity index (χ3n) is 6.02. The second-order valence-corrected chi connectivity index (χ2v) is 11.0. The minimum absolute atomic E-state index is 0.0173. The summed E-state index contributed by atoms with van der Waals surface area (Å²) in [7, 11) is -3.67. The first-order valence-corrected chi connectivity index (χ1v) is 13.4. The van der Waals surface area contributed by atoms with Crippen molar-refractivity contribution in [2.45, 2.75) is 44.2 Å². The Bertz CT molecular complexity index is 975. The van der Waals surface area contributed by atoms with Gasteiger partial charge < -0.3 is 4.90 Å². The molecule has 2 aromatic carbocycles. The summed E-state index contributed by atoms with van der Waals surface area (Å²) >= 11 is 3.35. The van der Waals surface area contributed by atoms with Crippen molar-refractivity contribution < 1.29 is 13.2 Å². The quantitative estimate of drug-likeness (QED) is 0.500. The first-order chi connectivity index (χ1) is 15.3. The molecule has 1 aliphatic rings. The van der Waals surface area contributed by atoms with E-state index >= 15 is 0 Å². The molecule has 8 heteroatoms. The van der Waals surface area contributed by atoms with E-state index in [1.165, 1.54) is 9.87 Å². The zero-order valence-corrected chi connectivity index (χ0v) is 21.2. The summed E-state index contributed by atoms with van der Waals surface area (Å²) in [6, 6.07) is 16.8. The molecule has 0 spiro atoms. The number of halogens is 1. The molecule has 1 heterocycles. The minimum Gasteiger partial charge on any atom is -0.340 e. The van der Waals surface area contributed by atoms with Gasteiger partial charge in [-0.3, -0.25) is 9.69 Å². The zero-order chi connectivity index (χ0) is 23.1. The van der Waals surface area contributed by atoms with Crippen molar-refractivity contribution in [3.63, 3.8) is 0 Å². The number of benzene rings is 2. The highest BCUT2D eigenvalue weighted by Crippen LogP contribution is 2.22. The van der Waals surface area contributed by atoms with Crippen molar-refractivity contribution in [3.05, 3.63) is 64.6 Å². The summed E-state index contributed by atoms with van der Waals surface area (Å²) in [5.41, 5.74) is 1.27. The van der Waals surface area contributed by atoms with Crippen molar-refractivity contribution in [1.82, 2.24) is 14.1 Å². The molecule has 1 aliphatic heterocycles. The summed E-state index contributed by atoms with van der Waals surface area (Å²) < 4.78 is 28.8. The van der Waals surface area contributed by atoms with Crippen LogP contribution in [0.4, 0.5) is 0 Å². The molecule has 6 nitrogen and oxygen atoms in total. The predicted octanol–water partition coefficient (Wildman–Crippen LogP) is 3.97. The first kappa shape index (κ1) is 24.9. The highest BCUT2D eigenvalue weighted by Gasteiger charge is 2.30. The van der Waals surface area contributed by atoms with Crippen LogP contribution in [-0.4, -0.2) is 67.2 Å². The number of hydrogen-bond acceptors (Lipinski definition) is 4. The van der Waals surface area contributed by atoms with E-state index in [9.17, 15) is 13.2 Å². The number of carbonyl (C=O) groups excluding carboxylic acids is 1. The molecule has 1 amide bonds. The number of sulfonamides is 1. The van der Waals surface area contributed by atoms with E-state index in [0.29, 0.717) is 19.5 Å². The van der Waals surface area contributed by atoms with E-state index in [-0.39, 0.29) is 29.8 Å². The van der Waals surface area contributed by atoms with Gasteiger partial charge in [-0.05, 0) is 43.2 Å². The fraction of sp³-hybridized carbons (Fsp3) is 0.458. The van der Waals surface area contributed by atoms with Gasteiger partial charge in [0.25, 0.3) is 0 Å². The monoisotopic (exact) mass is 521 g/mol. The lowest BCUT2D eigenvalue weighted by molar-refractivity contribution is -0.133. The summed E-state index contributed by atoms with van der Waals surface area (Å²) in [5, 5.41) is 0. The van der Waals surface area contributed by atoms with Crippen LogP contribution in [0.1, 0.15) is 32.3 Å². The minimum atomic E-state index is -3.67. The van der Waals surface area contributed by atoms with E-state index in [1.807, 2.05) is 36.9 Å². The Morgan fingerprint density at radius 2 is 1.66 bits per heavy atom. The van der Waals surface area contributed by atoms with Gasteiger partial charge in [-0.2, -0.15) is 4.31 Å². The second kappa shape index (κ2) is 11.4. The molecule has 32 heavy (non-hydrogen) atoms. The fourth-order valence-corrected chi connectivity index (χ4v) is 5.85. The van der Waals surface area contributed by atoms with E-state index in [2.05, 4.69) is 33.0 Å². The van der Waals surface area contributed by atoms with Crippen LogP contribution < -0.4 is 0 Å². The van der Waals surface area contributed by atoms with Crippen molar-refractivity contribution >= 4 is 31.9 Å². The molecule has 0 aliphatic carbocycles. The van der Waals surface area contributed by atoms with E-state index in [0.717, 1.165) is 24.1 Å². The molecule has 0 saturated carbocycles. The number of amides is 1. The van der Waals surface area contributed by atoms with Gasteiger partial charge in [0.15, 0.2) is 0 Å². The lowest BCUT2D eigenvalue weighted by atomic mass is 10.2. The third-order valence-corrected chi connectivity index (χ3v) is 8.58. The fourth-order valence-electron chi connectivity index (χ4n) is 3.88. The molecule has 174 valence electrons. The predicted molar refractivity (Wildman–Crippen MR) is 131 cm³/mol. The van der Waals surface area contributed by atoms with Gasteiger partial charge in [-0.15, -0.1) is 0 Å². The molecule has 0 N–H and O–H groups in total. The Balaban J connectivity index is 1.57. The third kappa shape index (κ3) is 6.41. The Hall–Kier alpha value is -1.74. The highest BCUT2D eigenvalue weighted by molar-refractivity contribution is 9.10. The maximum atomic E-state index is 13.2. The van der Waals surface area contributed by atoms with Crippen LogP contribution in [-0.2, 0) is 21.4 Å². The molecule has 1 fully saturated rings. The molecule has 1 unspecified atom stereocenters. The van der Waals surface area contributed by atoms with Gasteiger partial charge in [-0.25, -0.2) is 8.42 Å². The second-order valence-electron chi connectivity index (χ2n) is 8.22. The number of hydrogen-bond donors (Lipinski definition) is 0. The number of piperazine rings is 1. The molecule has 2 aromatic rings. The van der Waals surface area contributed by atoms with Gasteiger partial charge in [-0.1, -0.05) is 53.2 Å². The van der Waals surface area contributed by atoms with Crippen LogP contribution in [0, 0.1) is 0 Å². The number of rotatable bonds is 9. The van der Waals surface area contributed by atoms with Gasteiger partial charge in [0.2, 0.25) is 15.9 Å². The molecule has 0 aromatic heterocycles. The van der Waals surface area contributed by atoms with Crippen molar-refractivity contribution in [2.24, 2.45) is 0 Å². The number of nitrogens with zero attached hydrogens (tertiary/aromatic N) is 3. The summed E-state index contributed by atoms with van der Waals surface area (Å²) in [4.78, 5) is 17.3. The van der Waals surface area contributed by atoms with Crippen molar-refractivity contribution in [3.8, 4) is 0 Å². The SMILES string of the molecule is CCC(C)N(CCC(=O)N1CCN(Cc2ccccc2)CC1)S(=O)(=O)c1ccc(Br)cc1. The van der Waals surface area contributed by atoms with Gasteiger partial charge in [0.05, 0.1) is 4.90 Å². The Morgan fingerprint density at radius 1 is 1.03 bits per heavy atom. The van der Waals surface area contributed by atoms with Gasteiger partial charge in [0.1, 0.15) is 0 Å². The average molecular weight is 523 g/mol. The smallest absolute Gasteiger partial charge is 0.243 e. The topological polar surface area (TPSA) is 60.9 Å². The summed E-state index contributed by atoms with van der Waals surface area (Å²) in [6.45, 7) is 7.93. The zero-order valence-electron chi connectivity index (χ0n) is 18.8. The van der Waals surface area contributed by atoms with Crippen molar-refractivity contribution in [1.29, 1.82) is 0 Å². The van der Waals surface area contributed by atoms with Crippen LogP contribution >= 0.6 is 15.9 Å². The van der Waals surface area contributed by atoms with E-state index in [1.54, 1.807) is 24.3 Å². The molecule has 0 radical (unpaired) electrons. The van der Waals surface area contributed by atoms with Gasteiger partial charge in [0, 0.05) is 56.2 Å². The van der Waals surface area contributed by atoms with E-state index < -0.39 is 10.0 Å². The number of carbonyl (C=O) groups is 1. The Kier molecular flexibility index (Phi) is 8.87. The largest absolute Gasteiger partial charge is 0.340 e. The maximum Gasteiger partial charge on any atom is 0.243 e. The van der Waals surface area contributed by atoms with Crippen LogP contribution in [0.3, 0.4) is 0 Å². The first-order valence-electron chi connectivity index (χ1n) is 11.1. The normalized spacial score (nSPS) is 16.3. The molecule has 1 saturated heterocycles. The summed E-state index contributed by atoms with van der Waals surface area (Å²) in [5.74, 6) is 0.0173. The van der Waals surface area contributed by atoms with Crippen LogP contribution in [0.2, 0.25) is 0 Å².